The number of carbonyl (C=O) groups excluding carboxylic acids is 2. The average molecular weight is 565 g/mol. The third-order valence-corrected chi connectivity index (χ3v) is 8.40. The number of rotatable bonds is 6. The lowest BCUT2D eigenvalue weighted by atomic mass is 9.89. The highest BCUT2D eigenvalue weighted by molar-refractivity contribution is 7.92. The number of amidine groups is 1. The highest BCUT2D eigenvalue weighted by Crippen LogP contribution is 2.33. The summed E-state index contributed by atoms with van der Waals surface area (Å²) in [6.45, 7) is 3.29. The van der Waals surface area contributed by atoms with Gasteiger partial charge >= 0.3 is 6.36 Å². The largest absolute Gasteiger partial charge is 0.573 e. The molecule has 13 heteroatoms. The van der Waals surface area contributed by atoms with Crippen molar-refractivity contribution < 1.29 is 35.9 Å². The summed E-state index contributed by atoms with van der Waals surface area (Å²) >= 11 is 0. The van der Waals surface area contributed by atoms with Crippen molar-refractivity contribution in [2.24, 2.45) is 4.99 Å². The lowest BCUT2D eigenvalue weighted by Gasteiger charge is -2.34. The van der Waals surface area contributed by atoms with Crippen LogP contribution in [0.5, 0.6) is 5.75 Å². The van der Waals surface area contributed by atoms with Crippen molar-refractivity contribution in [2.75, 3.05) is 25.0 Å². The van der Waals surface area contributed by atoms with E-state index in [-0.39, 0.29) is 43.2 Å². The molecule has 2 heterocycles. The van der Waals surface area contributed by atoms with Crippen LogP contribution < -0.4 is 15.0 Å². The molecule has 4 rings (SSSR count). The van der Waals surface area contributed by atoms with Gasteiger partial charge in [0.2, 0.25) is 15.9 Å². The maximum atomic E-state index is 13.1. The number of aliphatic imine (C=N–C) groups is 1. The molecule has 0 aliphatic carbocycles. The maximum absolute atomic E-state index is 13.1. The average Bonchev–Trinajstić information content (AvgIpc) is 3.17. The topological polar surface area (TPSA) is 108 Å². The van der Waals surface area contributed by atoms with Gasteiger partial charge in [0.15, 0.2) is 0 Å². The number of anilines is 1. The fraction of sp³-hybridized carbons (Fsp3) is 0.346. The fourth-order valence-corrected chi connectivity index (χ4v) is 5.73. The molecule has 39 heavy (non-hydrogen) atoms. The number of piperidine rings is 1. The maximum Gasteiger partial charge on any atom is 0.573 e. The van der Waals surface area contributed by atoms with E-state index >= 15 is 0 Å². The van der Waals surface area contributed by atoms with Gasteiger partial charge in [-0.3, -0.25) is 14.6 Å². The first-order valence-corrected chi connectivity index (χ1v) is 13.5. The monoisotopic (exact) mass is 564 g/mol. The van der Waals surface area contributed by atoms with E-state index in [2.05, 4.69) is 15.0 Å². The Bertz CT molecular complexity index is 1460. The van der Waals surface area contributed by atoms with Crippen LogP contribution in [0.2, 0.25) is 0 Å². The van der Waals surface area contributed by atoms with Gasteiger partial charge in [-0.1, -0.05) is 24.3 Å². The molecule has 2 aliphatic heterocycles. The number of sulfonamides is 1. The lowest BCUT2D eigenvalue weighted by molar-refractivity contribution is -0.274. The minimum Gasteiger partial charge on any atom is -0.406 e. The fourth-order valence-electron chi connectivity index (χ4n) is 4.54. The van der Waals surface area contributed by atoms with E-state index in [0.29, 0.717) is 11.3 Å². The summed E-state index contributed by atoms with van der Waals surface area (Å²) in [6, 6.07) is 10.4. The van der Waals surface area contributed by atoms with Crippen LogP contribution in [-0.2, 0) is 19.6 Å². The van der Waals surface area contributed by atoms with E-state index in [1.165, 1.54) is 34.3 Å². The Morgan fingerprint density at radius 1 is 1.18 bits per heavy atom. The number of halogens is 3. The highest BCUT2D eigenvalue weighted by atomic mass is 32.2. The van der Waals surface area contributed by atoms with Crippen molar-refractivity contribution >= 4 is 39.4 Å². The smallest absolute Gasteiger partial charge is 0.406 e. The summed E-state index contributed by atoms with van der Waals surface area (Å²) in [5.74, 6) is -0.929. The molecule has 1 fully saturated rings. The summed E-state index contributed by atoms with van der Waals surface area (Å²) < 4.78 is 69.1. The number of amides is 2. The van der Waals surface area contributed by atoms with Gasteiger partial charge < -0.3 is 15.0 Å². The molecule has 9 nitrogen and oxygen atoms in total. The molecule has 0 unspecified atom stereocenters. The Morgan fingerprint density at radius 3 is 2.49 bits per heavy atom. The minimum absolute atomic E-state index is 0.0280. The summed E-state index contributed by atoms with van der Waals surface area (Å²) in [5.41, 5.74) is 1.08. The van der Waals surface area contributed by atoms with Crippen LogP contribution >= 0.6 is 0 Å². The first kappa shape index (κ1) is 28.3. The molecule has 0 bridgehead atoms. The molecular weight excluding hydrogens is 537 g/mol. The van der Waals surface area contributed by atoms with Crippen molar-refractivity contribution in [3.63, 3.8) is 0 Å². The number of benzene rings is 2. The Kier molecular flexibility index (Phi) is 7.59. The van der Waals surface area contributed by atoms with E-state index in [0.717, 1.165) is 23.1 Å². The summed E-state index contributed by atoms with van der Waals surface area (Å²) in [5, 5.41) is 3.71. The normalized spacial score (nSPS) is 17.8. The van der Waals surface area contributed by atoms with Gasteiger partial charge in [0.05, 0.1) is 0 Å². The second kappa shape index (κ2) is 10.5. The Morgan fingerprint density at radius 2 is 1.85 bits per heavy atom. The van der Waals surface area contributed by atoms with Gasteiger partial charge in [0, 0.05) is 43.7 Å². The van der Waals surface area contributed by atoms with Crippen molar-refractivity contribution in [1.29, 1.82) is 0 Å². The molecule has 1 saturated heterocycles. The SMILES string of the molecule is CC(=O)N(C)c1cccc(C=CS(=O)(=O)N2CCC3(CC2)N=C(c2cccc(OC(F)(F)F)c2)NC3=O)c1C. The molecule has 0 aromatic heterocycles. The minimum atomic E-state index is -4.86. The Hall–Kier alpha value is -3.71. The standard InChI is InChI=1S/C26H27F3N4O5S/c1-17-19(6-5-9-22(17)32(3)18(2)34)10-15-39(36,37)33-13-11-25(12-14-33)24(35)30-23(31-25)20-7-4-8-21(16-20)38-26(27,28)29/h4-10,15-16H,11-14H2,1-3H3,(H,30,31,35). The van der Waals surface area contributed by atoms with E-state index < -0.39 is 33.6 Å². The predicted molar refractivity (Wildman–Crippen MR) is 140 cm³/mol. The summed E-state index contributed by atoms with van der Waals surface area (Å²) in [6.07, 6.45) is -3.18. The van der Waals surface area contributed by atoms with Gasteiger partial charge in [0.1, 0.15) is 17.1 Å². The molecular formula is C26H27F3N4O5S. The number of ether oxygens (including phenoxy) is 1. The lowest BCUT2D eigenvalue weighted by Crippen LogP contribution is -2.50. The second-order valence-electron chi connectivity index (χ2n) is 9.34. The van der Waals surface area contributed by atoms with Crippen LogP contribution in [0.4, 0.5) is 18.9 Å². The quantitative estimate of drug-likeness (QED) is 0.577. The molecule has 1 spiro atoms. The van der Waals surface area contributed by atoms with Crippen LogP contribution in [0.25, 0.3) is 6.08 Å². The molecule has 1 N–H and O–H groups in total. The number of hydrogen-bond acceptors (Lipinski definition) is 6. The second-order valence-corrected chi connectivity index (χ2v) is 11.2. The molecule has 2 aliphatic rings. The Balaban J connectivity index is 1.48. The van der Waals surface area contributed by atoms with Crippen molar-refractivity contribution in [2.45, 2.75) is 38.6 Å². The predicted octanol–water partition coefficient (Wildman–Crippen LogP) is 3.59. The van der Waals surface area contributed by atoms with Gasteiger partial charge in [-0.2, -0.15) is 4.31 Å². The zero-order valence-corrected chi connectivity index (χ0v) is 22.3. The van der Waals surface area contributed by atoms with Gasteiger partial charge in [0.25, 0.3) is 5.91 Å². The van der Waals surface area contributed by atoms with Gasteiger partial charge in [-0.15, -0.1) is 13.2 Å². The molecule has 0 radical (unpaired) electrons. The van der Waals surface area contributed by atoms with E-state index in [1.54, 1.807) is 32.2 Å². The first-order valence-electron chi connectivity index (χ1n) is 12.0. The number of nitrogens with zero attached hydrogens (tertiary/aromatic N) is 3. The third kappa shape index (κ3) is 6.14. The number of carbonyl (C=O) groups is 2. The number of hydrogen-bond donors (Lipinski definition) is 1. The zero-order valence-electron chi connectivity index (χ0n) is 21.4. The van der Waals surface area contributed by atoms with Crippen LogP contribution in [-0.4, -0.2) is 62.4 Å². The van der Waals surface area contributed by atoms with Crippen LogP contribution in [0.15, 0.2) is 52.9 Å². The molecule has 2 aromatic carbocycles. The van der Waals surface area contributed by atoms with Gasteiger partial charge in [-0.05, 0) is 55.2 Å². The first-order chi connectivity index (χ1) is 18.2. The molecule has 0 saturated carbocycles. The molecule has 2 aromatic rings. The summed E-state index contributed by atoms with van der Waals surface area (Å²) in [7, 11) is -2.19. The van der Waals surface area contributed by atoms with Crippen LogP contribution in [0, 0.1) is 6.92 Å². The number of alkyl halides is 3. The van der Waals surface area contributed by atoms with Crippen molar-refractivity contribution in [1.82, 2.24) is 9.62 Å². The van der Waals surface area contributed by atoms with E-state index in [4.69, 9.17) is 0 Å². The van der Waals surface area contributed by atoms with Crippen molar-refractivity contribution in [3.05, 3.63) is 64.6 Å². The molecule has 0 atom stereocenters. The van der Waals surface area contributed by atoms with E-state index in [1.807, 2.05) is 0 Å². The third-order valence-electron chi connectivity index (χ3n) is 6.83. The van der Waals surface area contributed by atoms with Gasteiger partial charge in [-0.25, -0.2) is 8.42 Å². The zero-order chi connectivity index (χ0) is 28.6. The molecule has 2 amide bonds. The van der Waals surface area contributed by atoms with Crippen LogP contribution in [0.1, 0.15) is 36.5 Å². The van der Waals surface area contributed by atoms with Crippen LogP contribution in [0.3, 0.4) is 0 Å². The highest BCUT2D eigenvalue weighted by Gasteiger charge is 2.47. The van der Waals surface area contributed by atoms with E-state index in [9.17, 15) is 31.2 Å². The number of nitrogens with one attached hydrogen (secondary N) is 1. The summed E-state index contributed by atoms with van der Waals surface area (Å²) in [4.78, 5) is 30.5. The van der Waals surface area contributed by atoms with Crippen molar-refractivity contribution in [3.8, 4) is 5.75 Å². The molecule has 208 valence electrons. The Labute approximate surface area is 224 Å².